The molecular weight excluding hydrogens is 322 g/mol. The van der Waals surface area contributed by atoms with Gasteiger partial charge in [-0.2, -0.15) is 5.10 Å². The third kappa shape index (κ3) is 3.89. The van der Waals surface area contributed by atoms with Crippen LogP contribution in [0, 0.1) is 0 Å². The average Bonchev–Trinajstić information content (AvgIpc) is 2.65. The second-order valence-corrected chi connectivity index (χ2v) is 7.16. The van der Waals surface area contributed by atoms with Gasteiger partial charge >= 0.3 is 0 Å². The number of nitrogens with two attached hydrogens (primary N) is 1. The number of sulfone groups is 1. The van der Waals surface area contributed by atoms with Crippen LogP contribution >= 0.6 is 15.9 Å². The Morgan fingerprint density at radius 3 is 2.72 bits per heavy atom. The Labute approximate surface area is 115 Å². The molecular formula is C10H16BrN3O3S. The molecule has 8 heteroatoms. The average molecular weight is 338 g/mol. The molecule has 0 aliphatic carbocycles. The third-order valence-electron chi connectivity index (χ3n) is 2.46. The van der Waals surface area contributed by atoms with Crippen molar-refractivity contribution in [2.75, 3.05) is 12.0 Å². The van der Waals surface area contributed by atoms with Crippen LogP contribution in [0.1, 0.15) is 23.8 Å². The molecule has 2 N–H and O–H groups in total. The quantitative estimate of drug-likeness (QED) is 0.767. The predicted octanol–water partition coefficient (Wildman–Crippen LogP) is 0.610. The van der Waals surface area contributed by atoms with Gasteiger partial charge in [-0.05, 0) is 29.3 Å². The minimum absolute atomic E-state index is 0.0994. The molecule has 0 saturated heterocycles. The first-order chi connectivity index (χ1) is 8.26. The summed E-state index contributed by atoms with van der Waals surface area (Å²) < 4.78 is 24.2. The van der Waals surface area contributed by atoms with Gasteiger partial charge in [-0.15, -0.1) is 0 Å². The summed E-state index contributed by atoms with van der Waals surface area (Å²) in [6.07, 6.45) is 2.76. The van der Waals surface area contributed by atoms with Crippen LogP contribution in [0.4, 0.5) is 0 Å². The van der Waals surface area contributed by atoms with Crippen molar-refractivity contribution in [2.24, 2.45) is 5.73 Å². The molecule has 1 aromatic rings. The SMILES string of the molecule is CCn1ncc(Br)c1C(=O)C(N)CCS(C)(=O)=O. The van der Waals surface area contributed by atoms with E-state index in [2.05, 4.69) is 21.0 Å². The molecule has 1 atom stereocenters. The molecule has 1 aromatic heterocycles. The van der Waals surface area contributed by atoms with Crippen molar-refractivity contribution in [3.05, 3.63) is 16.4 Å². The minimum atomic E-state index is -3.11. The number of Topliss-reactive ketones (excluding diaryl/α,β-unsaturated/α-hetero) is 1. The van der Waals surface area contributed by atoms with Crippen molar-refractivity contribution in [1.29, 1.82) is 0 Å². The van der Waals surface area contributed by atoms with Crippen molar-refractivity contribution >= 4 is 31.6 Å². The van der Waals surface area contributed by atoms with Crippen molar-refractivity contribution in [3.8, 4) is 0 Å². The molecule has 1 heterocycles. The van der Waals surface area contributed by atoms with Crippen LogP contribution in [0.3, 0.4) is 0 Å². The molecule has 18 heavy (non-hydrogen) atoms. The van der Waals surface area contributed by atoms with Gasteiger partial charge in [0.2, 0.25) is 0 Å². The maximum Gasteiger partial charge on any atom is 0.198 e. The number of ketones is 1. The molecule has 0 aromatic carbocycles. The molecule has 0 fully saturated rings. The summed E-state index contributed by atoms with van der Waals surface area (Å²) in [5.41, 5.74) is 6.12. The number of hydrogen-bond acceptors (Lipinski definition) is 5. The Morgan fingerprint density at radius 2 is 2.22 bits per heavy atom. The van der Waals surface area contributed by atoms with Gasteiger partial charge in [0.1, 0.15) is 15.5 Å². The third-order valence-corrected chi connectivity index (χ3v) is 4.02. The van der Waals surface area contributed by atoms with Crippen LogP contribution < -0.4 is 5.73 Å². The number of hydrogen-bond donors (Lipinski definition) is 1. The summed E-state index contributed by atoms with van der Waals surface area (Å²) in [7, 11) is -3.11. The summed E-state index contributed by atoms with van der Waals surface area (Å²) in [4.78, 5) is 12.1. The highest BCUT2D eigenvalue weighted by molar-refractivity contribution is 9.10. The molecule has 6 nitrogen and oxygen atoms in total. The van der Waals surface area contributed by atoms with E-state index in [1.165, 1.54) is 10.9 Å². The van der Waals surface area contributed by atoms with E-state index in [9.17, 15) is 13.2 Å². The second-order valence-electron chi connectivity index (χ2n) is 4.05. The number of aromatic nitrogens is 2. The molecule has 102 valence electrons. The molecule has 1 rings (SSSR count). The van der Waals surface area contributed by atoms with E-state index in [0.29, 0.717) is 16.7 Å². The van der Waals surface area contributed by atoms with Gasteiger partial charge in [0.05, 0.1) is 22.5 Å². The van der Waals surface area contributed by atoms with E-state index in [1.54, 1.807) is 0 Å². The van der Waals surface area contributed by atoms with Crippen LogP contribution in [0.15, 0.2) is 10.7 Å². The molecule has 0 saturated carbocycles. The highest BCUT2D eigenvalue weighted by atomic mass is 79.9. The maximum atomic E-state index is 12.1. The highest BCUT2D eigenvalue weighted by Crippen LogP contribution is 2.18. The fourth-order valence-corrected chi connectivity index (χ4v) is 2.67. The van der Waals surface area contributed by atoms with Gasteiger partial charge < -0.3 is 5.73 Å². The lowest BCUT2D eigenvalue weighted by molar-refractivity contribution is 0.0948. The van der Waals surface area contributed by atoms with Crippen LogP contribution in [0.5, 0.6) is 0 Å². The molecule has 0 bridgehead atoms. The van der Waals surface area contributed by atoms with Gasteiger partial charge in [-0.25, -0.2) is 8.42 Å². The topological polar surface area (TPSA) is 95.0 Å². The van der Waals surface area contributed by atoms with E-state index in [1.807, 2.05) is 6.92 Å². The first kappa shape index (κ1) is 15.3. The Morgan fingerprint density at radius 1 is 1.61 bits per heavy atom. The lowest BCUT2D eigenvalue weighted by Crippen LogP contribution is -2.34. The zero-order chi connectivity index (χ0) is 13.9. The Balaban J connectivity index is 2.83. The van der Waals surface area contributed by atoms with Crippen molar-refractivity contribution < 1.29 is 13.2 Å². The summed E-state index contributed by atoms with van der Waals surface area (Å²) in [5, 5.41) is 4.02. The van der Waals surface area contributed by atoms with Gasteiger partial charge in [0, 0.05) is 12.8 Å². The summed E-state index contributed by atoms with van der Waals surface area (Å²) in [5.74, 6) is -0.400. The van der Waals surface area contributed by atoms with Crippen molar-refractivity contribution in [1.82, 2.24) is 9.78 Å². The second kappa shape index (κ2) is 5.94. The highest BCUT2D eigenvalue weighted by Gasteiger charge is 2.23. The molecule has 0 spiro atoms. The standard InChI is InChI=1S/C10H16BrN3O3S/c1-3-14-9(7(11)6-13-14)10(15)8(12)4-5-18(2,16)17/h6,8H,3-5,12H2,1-2H3. The number of aryl methyl sites for hydroxylation is 1. The van der Waals surface area contributed by atoms with E-state index in [4.69, 9.17) is 5.73 Å². The van der Waals surface area contributed by atoms with Crippen molar-refractivity contribution in [3.63, 3.8) is 0 Å². The number of carbonyl (C=O) groups excluding carboxylic acids is 1. The predicted molar refractivity (Wildman–Crippen MR) is 72.2 cm³/mol. The molecule has 0 aliphatic rings. The lowest BCUT2D eigenvalue weighted by atomic mass is 10.1. The van der Waals surface area contributed by atoms with E-state index in [-0.39, 0.29) is 18.0 Å². The summed E-state index contributed by atoms with van der Waals surface area (Å²) in [6.45, 7) is 2.41. The normalized spacial score (nSPS) is 13.6. The lowest BCUT2D eigenvalue weighted by Gasteiger charge is -2.11. The Bertz CT molecular complexity index is 539. The van der Waals surface area contributed by atoms with Crippen LogP contribution in [-0.4, -0.2) is 42.0 Å². The largest absolute Gasteiger partial charge is 0.321 e. The van der Waals surface area contributed by atoms with E-state index >= 15 is 0 Å². The first-order valence-corrected chi connectivity index (χ1v) is 8.30. The summed E-state index contributed by atoms with van der Waals surface area (Å²) >= 11 is 3.24. The summed E-state index contributed by atoms with van der Waals surface area (Å²) in [6, 6.07) is -0.835. The van der Waals surface area contributed by atoms with Crippen LogP contribution in [0.2, 0.25) is 0 Å². The fraction of sp³-hybridized carbons (Fsp3) is 0.600. The molecule has 0 aliphatic heterocycles. The smallest absolute Gasteiger partial charge is 0.198 e. The number of carbonyl (C=O) groups is 1. The number of rotatable bonds is 6. The van der Waals surface area contributed by atoms with Gasteiger partial charge in [-0.3, -0.25) is 9.48 Å². The Kier molecular flexibility index (Phi) is 5.06. The van der Waals surface area contributed by atoms with Gasteiger partial charge in [-0.1, -0.05) is 0 Å². The van der Waals surface area contributed by atoms with E-state index < -0.39 is 15.9 Å². The number of halogens is 1. The monoisotopic (exact) mass is 337 g/mol. The van der Waals surface area contributed by atoms with Crippen LogP contribution in [-0.2, 0) is 16.4 Å². The van der Waals surface area contributed by atoms with Gasteiger partial charge in [0.15, 0.2) is 5.78 Å². The number of nitrogens with zero attached hydrogens (tertiary/aromatic N) is 2. The molecule has 0 amide bonds. The van der Waals surface area contributed by atoms with Gasteiger partial charge in [0.25, 0.3) is 0 Å². The van der Waals surface area contributed by atoms with E-state index in [0.717, 1.165) is 6.26 Å². The molecule has 1 unspecified atom stereocenters. The maximum absolute atomic E-state index is 12.1. The Hall–Kier alpha value is -0.730. The zero-order valence-electron chi connectivity index (χ0n) is 10.3. The minimum Gasteiger partial charge on any atom is -0.321 e. The zero-order valence-corrected chi connectivity index (χ0v) is 12.7. The van der Waals surface area contributed by atoms with Crippen LogP contribution in [0.25, 0.3) is 0 Å². The fourth-order valence-electron chi connectivity index (χ4n) is 1.49. The molecule has 0 radical (unpaired) electrons. The first-order valence-electron chi connectivity index (χ1n) is 5.45. The van der Waals surface area contributed by atoms with Crippen molar-refractivity contribution in [2.45, 2.75) is 25.9 Å².